The quantitative estimate of drug-likeness (QED) is 0.795. The van der Waals surface area contributed by atoms with Crippen LogP contribution < -0.4 is 0 Å². The zero-order valence-corrected chi connectivity index (χ0v) is 9.76. The van der Waals surface area contributed by atoms with Crippen LogP contribution in [0.2, 0.25) is 5.15 Å². The number of aromatic nitrogens is 4. The zero-order valence-electron chi connectivity index (χ0n) is 9.01. The molecule has 92 valence electrons. The maximum absolute atomic E-state index is 12.3. The van der Waals surface area contributed by atoms with E-state index in [4.69, 9.17) is 11.6 Å². The fourth-order valence-corrected chi connectivity index (χ4v) is 1.79. The molecule has 0 radical (unpaired) electrons. The molecule has 0 fully saturated rings. The lowest BCUT2D eigenvalue weighted by molar-refractivity contribution is -0.128. The number of hydrogen-bond acceptors (Lipinski definition) is 3. The van der Waals surface area contributed by atoms with Gasteiger partial charge in [-0.1, -0.05) is 11.6 Å². The molecule has 8 heteroatoms. The van der Waals surface area contributed by atoms with Crippen LogP contribution in [0.25, 0.3) is 5.65 Å². The van der Waals surface area contributed by atoms with Crippen molar-refractivity contribution in [2.45, 2.75) is 26.4 Å². The molecule has 4 nitrogen and oxygen atoms in total. The first-order valence-corrected chi connectivity index (χ1v) is 5.11. The number of rotatable bonds is 1. The minimum absolute atomic E-state index is 0.0500. The second-order valence-corrected chi connectivity index (χ2v) is 4.00. The monoisotopic (exact) mass is 264 g/mol. The summed E-state index contributed by atoms with van der Waals surface area (Å²) in [6.07, 6.45) is -5.48. The summed E-state index contributed by atoms with van der Waals surface area (Å²) in [6, 6.07) is 0. The fraction of sp³-hybridized carbons (Fsp3) is 0.444. The lowest BCUT2D eigenvalue weighted by Crippen LogP contribution is -2.15. The fourth-order valence-electron chi connectivity index (χ4n) is 1.54. The first kappa shape index (κ1) is 12.1. The van der Waals surface area contributed by atoms with Gasteiger partial charge in [0, 0.05) is 5.69 Å². The molecular weight excluding hydrogens is 257 g/mol. The van der Waals surface area contributed by atoms with E-state index in [9.17, 15) is 13.2 Å². The van der Waals surface area contributed by atoms with Crippen LogP contribution in [0.5, 0.6) is 0 Å². The Morgan fingerprint density at radius 2 is 1.88 bits per heavy atom. The van der Waals surface area contributed by atoms with Crippen molar-refractivity contribution in [2.24, 2.45) is 0 Å². The molecular formula is C9H8ClF3N4. The van der Waals surface area contributed by atoms with Crippen molar-refractivity contribution in [1.82, 2.24) is 19.6 Å². The van der Waals surface area contributed by atoms with Crippen LogP contribution >= 0.6 is 11.6 Å². The van der Waals surface area contributed by atoms with Crippen LogP contribution in [-0.2, 0) is 6.42 Å². The molecule has 0 aliphatic carbocycles. The van der Waals surface area contributed by atoms with Gasteiger partial charge < -0.3 is 0 Å². The normalized spacial score (nSPS) is 12.4. The van der Waals surface area contributed by atoms with Gasteiger partial charge in [0.2, 0.25) is 0 Å². The highest BCUT2D eigenvalue weighted by Gasteiger charge is 2.31. The first-order valence-electron chi connectivity index (χ1n) is 4.73. The van der Waals surface area contributed by atoms with Crippen molar-refractivity contribution < 1.29 is 13.2 Å². The molecule has 2 aromatic rings. The molecule has 0 atom stereocenters. The summed E-state index contributed by atoms with van der Waals surface area (Å²) in [5, 5.41) is 7.18. The van der Waals surface area contributed by atoms with Crippen LogP contribution in [0.1, 0.15) is 17.2 Å². The van der Waals surface area contributed by atoms with E-state index in [2.05, 4.69) is 15.2 Å². The van der Waals surface area contributed by atoms with Gasteiger partial charge in [-0.3, -0.25) is 4.40 Å². The maximum atomic E-state index is 12.3. The first-order chi connectivity index (χ1) is 7.79. The van der Waals surface area contributed by atoms with Crippen molar-refractivity contribution in [3.63, 3.8) is 0 Å². The average Bonchev–Trinajstić information content (AvgIpc) is 2.56. The molecule has 0 aromatic carbocycles. The van der Waals surface area contributed by atoms with E-state index in [1.54, 1.807) is 13.8 Å². The highest BCUT2D eigenvalue weighted by atomic mass is 35.5. The Labute approximate surface area is 99.4 Å². The Kier molecular flexibility index (Phi) is 2.73. The van der Waals surface area contributed by atoms with Gasteiger partial charge in [0.15, 0.2) is 10.8 Å². The summed E-state index contributed by atoms with van der Waals surface area (Å²) < 4.78 is 38.3. The third kappa shape index (κ3) is 2.19. The summed E-state index contributed by atoms with van der Waals surface area (Å²) in [4.78, 5) is 3.97. The molecule has 0 saturated carbocycles. The standard InChI is InChI=1S/C9H8ClF3N4/c1-4-5(2)17-6(3-9(11,12)13)15-16-8(17)7(10)14-4/h3H2,1-2H3. The predicted molar refractivity (Wildman–Crippen MR) is 55.0 cm³/mol. The molecule has 0 N–H and O–H groups in total. The van der Waals surface area contributed by atoms with Gasteiger partial charge in [-0.15, -0.1) is 10.2 Å². The number of halogens is 4. The second-order valence-electron chi connectivity index (χ2n) is 3.64. The zero-order chi connectivity index (χ0) is 12.8. The highest BCUT2D eigenvalue weighted by Crippen LogP contribution is 2.24. The lowest BCUT2D eigenvalue weighted by atomic mass is 10.3. The molecule has 0 bridgehead atoms. The molecule has 17 heavy (non-hydrogen) atoms. The molecule has 0 spiro atoms. The Hall–Kier alpha value is -1.37. The maximum Gasteiger partial charge on any atom is 0.396 e. The molecule has 0 aliphatic heterocycles. The number of nitrogens with zero attached hydrogens (tertiary/aromatic N) is 4. The summed E-state index contributed by atoms with van der Waals surface area (Å²) in [5.74, 6) is -0.183. The van der Waals surface area contributed by atoms with Crippen molar-refractivity contribution >= 4 is 17.2 Å². The van der Waals surface area contributed by atoms with Crippen LogP contribution in [0.4, 0.5) is 13.2 Å². The van der Waals surface area contributed by atoms with E-state index in [-0.39, 0.29) is 16.6 Å². The average molecular weight is 265 g/mol. The lowest BCUT2D eigenvalue weighted by Gasteiger charge is -2.08. The SMILES string of the molecule is Cc1nc(Cl)c2nnc(CC(F)(F)F)n2c1C. The van der Waals surface area contributed by atoms with Crippen LogP contribution in [-0.4, -0.2) is 25.8 Å². The van der Waals surface area contributed by atoms with E-state index < -0.39 is 12.6 Å². The van der Waals surface area contributed by atoms with Crippen LogP contribution in [0.15, 0.2) is 0 Å². The van der Waals surface area contributed by atoms with Crippen LogP contribution in [0, 0.1) is 13.8 Å². The number of hydrogen-bond donors (Lipinski definition) is 0. The second kappa shape index (κ2) is 3.83. The summed E-state index contributed by atoms with van der Waals surface area (Å²) in [6.45, 7) is 3.31. The Bertz CT molecular complexity index is 576. The Morgan fingerprint density at radius 1 is 1.24 bits per heavy atom. The van der Waals surface area contributed by atoms with Crippen molar-refractivity contribution in [3.8, 4) is 0 Å². The van der Waals surface area contributed by atoms with Crippen LogP contribution in [0.3, 0.4) is 0 Å². The van der Waals surface area contributed by atoms with Gasteiger partial charge >= 0.3 is 6.18 Å². The predicted octanol–water partition coefficient (Wildman–Crippen LogP) is 2.50. The Morgan fingerprint density at radius 3 is 2.47 bits per heavy atom. The van der Waals surface area contributed by atoms with Gasteiger partial charge in [-0.25, -0.2) is 4.98 Å². The van der Waals surface area contributed by atoms with Crippen molar-refractivity contribution in [3.05, 3.63) is 22.4 Å². The molecule has 0 aliphatic rings. The van der Waals surface area contributed by atoms with E-state index in [0.717, 1.165) is 0 Å². The molecule has 2 aromatic heterocycles. The minimum Gasteiger partial charge on any atom is -0.279 e. The van der Waals surface area contributed by atoms with E-state index in [1.165, 1.54) is 4.40 Å². The molecule has 0 amide bonds. The molecule has 0 saturated heterocycles. The van der Waals surface area contributed by atoms with Gasteiger partial charge in [-0.05, 0) is 13.8 Å². The highest BCUT2D eigenvalue weighted by molar-refractivity contribution is 6.32. The summed E-state index contributed by atoms with van der Waals surface area (Å²) >= 11 is 5.80. The van der Waals surface area contributed by atoms with E-state index in [0.29, 0.717) is 11.4 Å². The molecule has 2 rings (SSSR count). The van der Waals surface area contributed by atoms with Gasteiger partial charge in [-0.2, -0.15) is 13.2 Å². The van der Waals surface area contributed by atoms with E-state index >= 15 is 0 Å². The number of fused-ring (bicyclic) bond motifs is 1. The van der Waals surface area contributed by atoms with Gasteiger partial charge in [0.05, 0.1) is 5.69 Å². The Balaban J connectivity index is 2.67. The van der Waals surface area contributed by atoms with Gasteiger partial charge in [0.1, 0.15) is 12.2 Å². The molecule has 0 unspecified atom stereocenters. The van der Waals surface area contributed by atoms with E-state index in [1.807, 2.05) is 0 Å². The molecule has 2 heterocycles. The number of aryl methyl sites for hydroxylation is 2. The summed E-state index contributed by atoms with van der Waals surface area (Å²) in [7, 11) is 0. The summed E-state index contributed by atoms with van der Waals surface area (Å²) in [5.41, 5.74) is 1.24. The van der Waals surface area contributed by atoms with Gasteiger partial charge in [0.25, 0.3) is 0 Å². The largest absolute Gasteiger partial charge is 0.396 e. The number of alkyl halides is 3. The third-order valence-electron chi connectivity index (χ3n) is 2.40. The van der Waals surface area contributed by atoms with Crippen molar-refractivity contribution in [2.75, 3.05) is 0 Å². The smallest absolute Gasteiger partial charge is 0.279 e. The topological polar surface area (TPSA) is 43.1 Å². The third-order valence-corrected chi connectivity index (χ3v) is 2.65. The van der Waals surface area contributed by atoms with Crippen molar-refractivity contribution in [1.29, 1.82) is 0 Å². The minimum atomic E-state index is -4.33.